The highest BCUT2D eigenvalue weighted by molar-refractivity contribution is 4.56. The molecule has 2 heteroatoms. The molecule has 1 aliphatic rings. The van der Waals surface area contributed by atoms with Gasteiger partial charge in [-0.3, -0.25) is 0 Å². The fraction of sp³-hybridized carbons (Fsp3) is 1.00. The second-order valence-corrected chi connectivity index (χ2v) is 6.77. The summed E-state index contributed by atoms with van der Waals surface area (Å²) in [6, 6.07) is 0. The maximum absolute atomic E-state index is 2.36. The van der Waals surface area contributed by atoms with Crippen LogP contribution in [0.5, 0.6) is 0 Å². The van der Waals surface area contributed by atoms with Crippen molar-refractivity contribution in [2.45, 2.75) is 90.9 Å². The van der Waals surface area contributed by atoms with E-state index in [4.69, 9.17) is 0 Å². The van der Waals surface area contributed by atoms with Gasteiger partial charge in [-0.05, 0) is 19.3 Å². The van der Waals surface area contributed by atoms with Crippen molar-refractivity contribution in [1.82, 2.24) is 0 Å². The zero-order chi connectivity index (χ0) is 13.8. The molecule has 0 spiro atoms. The third-order valence-corrected chi connectivity index (χ3v) is 4.95. The first-order valence-corrected chi connectivity index (χ1v) is 9.18. The van der Waals surface area contributed by atoms with Gasteiger partial charge < -0.3 is 16.9 Å². The van der Waals surface area contributed by atoms with Crippen LogP contribution < -0.4 is 12.4 Å². The van der Waals surface area contributed by atoms with E-state index in [-0.39, 0.29) is 12.4 Å². The van der Waals surface area contributed by atoms with E-state index < -0.39 is 0 Å². The van der Waals surface area contributed by atoms with Crippen LogP contribution in [-0.4, -0.2) is 30.7 Å². The molecule has 0 radical (unpaired) electrons. The largest absolute Gasteiger partial charge is 1.00 e. The van der Waals surface area contributed by atoms with E-state index in [1.165, 1.54) is 108 Å². The molecule has 1 fully saturated rings. The van der Waals surface area contributed by atoms with Crippen molar-refractivity contribution in [2.24, 2.45) is 0 Å². The van der Waals surface area contributed by atoms with Crippen molar-refractivity contribution >= 4 is 0 Å². The number of likely N-dealkylation sites (tertiary alicyclic amines) is 1. The molecule has 0 N–H and O–H groups in total. The summed E-state index contributed by atoms with van der Waals surface area (Å²) in [6.07, 6.45) is 17.5. The maximum Gasteiger partial charge on any atom is 0.0788 e. The summed E-state index contributed by atoms with van der Waals surface area (Å²) in [4.78, 5) is 0. The lowest BCUT2D eigenvalue weighted by Gasteiger charge is -2.34. The molecule has 0 aromatic rings. The molecule has 0 aromatic heterocycles. The average Bonchev–Trinajstić information content (AvgIpc) is 2.86. The summed E-state index contributed by atoms with van der Waals surface area (Å²) in [5.74, 6) is 0. The molecule has 0 amide bonds. The number of rotatable bonds is 12. The lowest BCUT2D eigenvalue weighted by Crippen LogP contribution is -3.00. The Morgan fingerprint density at radius 3 is 1.60 bits per heavy atom. The van der Waals surface area contributed by atoms with Crippen LogP contribution in [0.15, 0.2) is 0 Å². The Morgan fingerprint density at radius 2 is 1.10 bits per heavy atom. The van der Waals surface area contributed by atoms with E-state index in [0.29, 0.717) is 0 Å². The Labute approximate surface area is 134 Å². The SMILES string of the molecule is CCCCCCCCCCC[N+]1(CCC)CCCC1.[Cl-]. The van der Waals surface area contributed by atoms with Gasteiger partial charge in [0.2, 0.25) is 0 Å². The normalized spacial score (nSPS) is 17.1. The number of unbranched alkanes of at least 4 members (excludes halogenated alkanes) is 8. The van der Waals surface area contributed by atoms with Crippen LogP contribution >= 0.6 is 0 Å². The first-order chi connectivity index (χ1) is 9.33. The van der Waals surface area contributed by atoms with Crippen LogP contribution in [0.25, 0.3) is 0 Å². The number of quaternary nitrogens is 1. The van der Waals surface area contributed by atoms with Crippen LogP contribution in [0.1, 0.15) is 90.9 Å². The predicted octanol–water partition coefficient (Wildman–Crippen LogP) is 2.54. The van der Waals surface area contributed by atoms with E-state index in [1.54, 1.807) is 0 Å². The van der Waals surface area contributed by atoms with Crippen molar-refractivity contribution in [3.05, 3.63) is 0 Å². The molecular weight excluding hydrogens is 266 g/mol. The van der Waals surface area contributed by atoms with Gasteiger partial charge in [0, 0.05) is 12.8 Å². The highest BCUT2D eigenvalue weighted by atomic mass is 35.5. The van der Waals surface area contributed by atoms with Gasteiger partial charge in [0.05, 0.1) is 26.2 Å². The lowest BCUT2D eigenvalue weighted by atomic mass is 10.1. The third-order valence-electron chi connectivity index (χ3n) is 4.95. The van der Waals surface area contributed by atoms with Crippen molar-refractivity contribution in [3.8, 4) is 0 Å². The highest BCUT2D eigenvalue weighted by Crippen LogP contribution is 2.21. The molecule has 0 unspecified atom stereocenters. The number of hydrogen-bond donors (Lipinski definition) is 0. The smallest absolute Gasteiger partial charge is 0.0788 e. The van der Waals surface area contributed by atoms with Crippen molar-refractivity contribution in [3.63, 3.8) is 0 Å². The fourth-order valence-electron chi connectivity index (χ4n) is 3.80. The second-order valence-electron chi connectivity index (χ2n) is 6.77. The molecule has 0 atom stereocenters. The Morgan fingerprint density at radius 1 is 0.600 bits per heavy atom. The third kappa shape index (κ3) is 8.52. The summed E-state index contributed by atoms with van der Waals surface area (Å²) < 4.78 is 1.47. The first kappa shape index (κ1) is 20.2. The van der Waals surface area contributed by atoms with Crippen LogP contribution in [0.4, 0.5) is 0 Å². The zero-order valence-corrected chi connectivity index (χ0v) is 14.9. The minimum absolute atomic E-state index is 0. The molecule has 0 aromatic carbocycles. The number of halogens is 1. The van der Waals surface area contributed by atoms with Gasteiger partial charge in [-0.2, -0.15) is 0 Å². The van der Waals surface area contributed by atoms with Gasteiger partial charge in [0.25, 0.3) is 0 Å². The molecule has 1 heterocycles. The molecule has 122 valence electrons. The molecule has 0 saturated carbocycles. The van der Waals surface area contributed by atoms with Gasteiger partial charge in [-0.25, -0.2) is 0 Å². The van der Waals surface area contributed by atoms with Crippen LogP contribution in [-0.2, 0) is 0 Å². The Hall–Kier alpha value is 0.250. The number of nitrogens with zero attached hydrogens (tertiary/aromatic N) is 1. The molecule has 1 saturated heterocycles. The molecule has 20 heavy (non-hydrogen) atoms. The van der Waals surface area contributed by atoms with E-state index in [2.05, 4.69) is 13.8 Å². The van der Waals surface area contributed by atoms with Gasteiger partial charge in [-0.1, -0.05) is 58.8 Å². The van der Waals surface area contributed by atoms with E-state index in [9.17, 15) is 0 Å². The predicted molar refractivity (Wildman–Crippen MR) is 86.5 cm³/mol. The van der Waals surface area contributed by atoms with Crippen molar-refractivity contribution in [1.29, 1.82) is 0 Å². The van der Waals surface area contributed by atoms with Crippen molar-refractivity contribution in [2.75, 3.05) is 26.2 Å². The summed E-state index contributed by atoms with van der Waals surface area (Å²) >= 11 is 0. The van der Waals surface area contributed by atoms with Crippen LogP contribution in [0.2, 0.25) is 0 Å². The first-order valence-electron chi connectivity index (χ1n) is 9.18. The standard InChI is InChI=1S/C18H38N.ClH/c1-3-5-6-7-8-9-10-11-12-16-19(15-4-2)17-13-14-18-19;/h3-18H2,1-2H3;1H/q+1;/p-1. The zero-order valence-electron chi connectivity index (χ0n) is 14.1. The van der Waals surface area contributed by atoms with E-state index in [1.807, 2.05) is 0 Å². The molecule has 0 bridgehead atoms. The van der Waals surface area contributed by atoms with Crippen LogP contribution in [0.3, 0.4) is 0 Å². The summed E-state index contributed by atoms with van der Waals surface area (Å²) in [5.41, 5.74) is 0. The minimum atomic E-state index is 0. The second kappa shape index (κ2) is 13.0. The van der Waals surface area contributed by atoms with Gasteiger partial charge in [-0.15, -0.1) is 0 Å². The number of hydrogen-bond acceptors (Lipinski definition) is 0. The minimum Gasteiger partial charge on any atom is -1.00 e. The molecule has 1 aliphatic heterocycles. The lowest BCUT2D eigenvalue weighted by molar-refractivity contribution is -0.917. The topological polar surface area (TPSA) is 0 Å². The summed E-state index contributed by atoms with van der Waals surface area (Å²) in [6.45, 7) is 10.5. The highest BCUT2D eigenvalue weighted by Gasteiger charge is 2.29. The van der Waals surface area contributed by atoms with Gasteiger partial charge in [0.15, 0.2) is 0 Å². The molecular formula is C18H38ClN. The quantitative estimate of drug-likeness (QED) is 0.384. The monoisotopic (exact) mass is 303 g/mol. The average molecular weight is 304 g/mol. The van der Waals surface area contributed by atoms with E-state index >= 15 is 0 Å². The summed E-state index contributed by atoms with van der Waals surface area (Å²) in [5, 5.41) is 0. The molecule has 1 rings (SSSR count). The molecule has 0 aliphatic carbocycles. The Bertz CT molecular complexity index is 200. The van der Waals surface area contributed by atoms with E-state index in [0.717, 1.165) is 0 Å². The maximum atomic E-state index is 2.36. The molecule has 1 nitrogen and oxygen atoms in total. The van der Waals surface area contributed by atoms with Crippen molar-refractivity contribution < 1.29 is 16.9 Å². The Balaban J connectivity index is 0.00000361. The van der Waals surface area contributed by atoms with Gasteiger partial charge >= 0.3 is 0 Å². The van der Waals surface area contributed by atoms with Gasteiger partial charge in [0.1, 0.15) is 0 Å². The fourth-order valence-corrected chi connectivity index (χ4v) is 3.80. The summed E-state index contributed by atoms with van der Waals surface area (Å²) in [7, 11) is 0. The Kier molecular flexibility index (Phi) is 13.1. The van der Waals surface area contributed by atoms with Crippen LogP contribution in [0, 0.1) is 0 Å².